The average Bonchev–Trinajstić information content (AvgIpc) is 2.80. The summed E-state index contributed by atoms with van der Waals surface area (Å²) < 4.78 is 0. The van der Waals surface area contributed by atoms with Gasteiger partial charge in [-0.2, -0.15) is 0 Å². The zero-order valence-corrected chi connectivity index (χ0v) is 8.70. The van der Waals surface area contributed by atoms with Gasteiger partial charge in [-0.15, -0.1) is 0 Å². The van der Waals surface area contributed by atoms with Crippen molar-refractivity contribution in [2.24, 2.45) is 5.92 Å². The Bertz CT molecular complexity index is 91.6. The van der Waals surface area contributed by atoms with Crippen molar-refractivity contribution in [2.75, 3.05) is 18.4 Å². The lowest BCUT2D eigenvalue weighted by Gasteiger charge is -2.01. The molecule has 1 aliphatic rings. The molecule has 0 spiro atoms. The van der Waals surface area contributed by atoms with Crippen LogP contribution in [0.2, 0.25) is 0 Å². The molecule has 1 fully saturated rings. The van der Waals surface area contributed by atoms with Crippen molar-refractivity contribution in [1.82, 2.24) is 5.32 Å². The Labute approximate surface area is 78.1 Å². The van der Waals surface area contributed by atoms with E-state index in [0.29, 0.717) is 0 Å². The highest BCUT2D eigenvalue weighted by molar-refractivity contribution is 9.09. The number of hydrogen-bond acceptors (Lipinski definition) is 1. The molecule has 0 unspecified atom stereocenters. The van der Waals surface area contributed by atoms with Gasteiger partial charge in [0, 0.05) is 5.33 Å². The summed E-state index contributed by atoms with van der Waals surface area (Å²) in [7, 11) is 0. The number of rotatable bonds is 7. The molecule has 66 valence electrons. The predicted octanol–water partition coefficient (Wildman–Crippen LogP) is 2.55. The molecule has 0 aromatic carbocycles. The zero-order valence-electron chi connectivity index (χ0n) is 7.11. The molecule has 1 aliphatic carbocycles. The Morgan fingerprint density at radius 3 is 2.64 bits per heavy atom. The van der Waals surface area contributed by atoms with Crippen molar-refractivity contribution in [2.45, 2.75) is 32.1 Å². The fourth-order valence-electron chi connectivity index (χ4n) is 1.15. The molecule has 0 radical (unpaired) electrons. The summed E-state index contributed by atoms with van der Waals surface area (Å²) in [6.07, 6.45) is 6.97. The van der Waals surface area contributed by atoms with Crippen LogP contribution in [0.15, 0.2) is 0 Å². The topological polar surface area (TPSA) is 12.0 Å². The Kier molecular flexibility index (Phi) is 5.21. The van der Waals surface area contributed by atoms with E-state index < -0.39 is 0 Å². The third-order valence-electron chi connectivity index (χ3n) is 2.12. The Morgan fingerprint density at radius 2 is 2.00 bits per heavy atom. The molecule has 0 saturated heterocycles. The quantitative estimate of drug-likeness (QED) is 0.513. The molecule has 0 aromatic heterocycles. The van der Waals surface area contributed by atoms with Gasteiger partial charge in [-0.05, 0) is 44.7 Å². The SMILES string of the molecule is BrCCCCCNCC1CC1. The Morgan fingerprint density at radius 1 is 1.18 bits per heavy atom. The zero-order chi connectivity index (χ0) is 7.94. The summed E-state index contributed by atoms with van der Waals surface area (Å²) in [5.41, 5.74) is 0. The summed E-state index contributed by atoms with van der Waals surface area (Å²) in [5.74, 6) is 1.03. The van der Waals surface area contributed by atoms with Crippen LogP contribution in [0.5, 0.6) is 0 Å². The van der Waals surface area contributed by atoms with E-state index in [2.05, 4.69) is 21.2 Å². The summed E-state index contributed by atoms with van der Waals surface area (Å²) in [6, 6.07) is 0. The van der Waals surface area contributed by atoms with Crippen LogP contribution in [0.3, 0.4) is 0 Å². The van der Waals surface area contributed by atoms with Gasteiger partial charge in [0.15, 0.2) is 0 Å². The molecule has 2 heteroatoms. The lowest BCUT2D eigenvalue weighted by atomic mass is 10.2. The molecule has 0 heterocycles. The first-order chi connectivity index (χ1) is 5.43. The number of unbranched alkanes of at least 4 members (excludes halogenated alkanes) is 2. The van der Waals surface area contributed by atoms with Crippen LogP contribution in [-0.2, 0) is 0 Å². The first kappa shape index (κ1) is 9.53. The van der Waals surface area contributed by atoms with Crippen molar-refractivity contribution in [3.8, 4) is 0 Å². The number of hydrogen-bond donors (Lipinski definition) is 1. The molecule has 0 aromatic rings. The highest BCUT2D eigenvalue weighted by Crippen LogP contribution is 2.27. The Balaban J connectivity index is 1.66. The summed E-state index contributed by atoms with van der Waals surface area (Å²) >= 11 is 3.43. The minimum Gasteiger partial charge on any atom is -0.316 e. The van der Waals surface area contributed by atoms with Crippen LogP contribution < -0.4 is 5.32 Å². The van der Waals surface area contributed by atoms with E-state index in [1.165, 1.54) is 45.2 Å². The number of halogens is 1. The first-order valence-electron chi connectivity index (χ1n) is 4.70. The second kappa shape index (κ2) is 6.01. The second-order valence-electron chi connectivity index (χ2n) is 3.40. The van der Waals surface area contributed by atoms with Gasteiger partial charge < -0.3 is 5.32 Å². The van der Waals surface area contributed by atoms with Gasteiger partial charge in [-0.3, -0.25) is 0 Å². The van der Waals surface area contributed by atoms with E-state index in [1.807, 2.05) is 0 Å². The smallest absolute Gasteiger partial charge is 0.00313 e. The summed E-state index contributed by atoms with van der Waals surface area (Å²) in [6.45, 7) is 2.50. The molecule has 1 nitrogen and oxygen atoms in total. The molecule has 11 heavy (non-hydrogen) atoms. The van der Waals surface area contributed by atoms with Crippen molar-refractivity contribution < 1.29 is 0 Å². The van der Waals surface area contributed by atoms with Gasteiger partial charge in [-0.1, -0.05) is 22.4 Å². The maximum absolute atomic E-state index is 3.49. The van der Waals surface area contributed by atoms with Crippen LogP contribution in [0.4, 0.5) is 0 Å². The van der Waals surface area contributed by atoms with E-state index >= 15 is 0 Å². The number of nitrogens with one attached hydrogen (secondary N) is 1. The van der Waals surface area contributed by atoms with Crippen LogP contribution in [0.1, 0.15) is 32.1 Å². The molecule has 0 aliphatic heterocycles. The van der Waals surface area contributed by atoms with Gasteiger partial charge in [0.1, 0.15) is 0 Å². The normalized spacial score (nSPS) is 17.2. The van der Waals surface area contributed by atoms with E-state index in [1.54, 1.807) is 0 Å². The fraction of sp³-hybridized carbons (Fsp3) is 1.00. The van der Waals surface area contributed by atoms with Crippen LogP contribution in [-0.4, -0.2) is 18.4 Å². The molecule has 1 rings (SSSR count). The minimum atomic E-state index is 1.03. The maximum atomic E-state index is 3.49. The van der Waals surface area contributed by atoms with E-state index in [0.717, 1.165) is 11.2 Å². The van der Waals surface area contributed by atoms with E-state index in [9.17, 15) is 0 Å². The van der Waals surface area contributed by atoms with Gasteiger partial charge in [-0.25, -0.2) is 0 Å². The van der Waals surface area contributed by atoms with Crippen LogP contribution in [0, 0.1) is 5.92 Å². The van der Waals surface area contributed by atoms with Crippen molar-refractivity contribution >= 4 is 15.9 Å². The molecular weight excluding hydrogens is 202 g/mol. The van der Waals surface area contributed by atoms with Gasteiger partial charge in [0.2, 0.25) is 0 Å². The standard InChI is InChI=1S/C9H18BrN/c10-6-2-1-3-7-11-8-9-4-5-9/h9,11H,1-8H2. The molecule has 0 atom stereocenters. The molecule has 0 bridgehead atoms. The van der Waals surface area contributed by atoms with Gasteiger partial charge in [0.05, 0.1) is 0 Å². The van der Waals surface area contributed by atoms with E-state index in [-0.39, 0.29) is 0 Å². The molecular formula is C9H18BrN. The first-order valence-corrected chi connectivity index (χ1v) is 5.82. The van der Waals surface area contributed by atoms with Gasteiger partial charge >= 0.3 is 0 Å². The minimum absolute atomic E-state index is 1.03. The lowest BCUT2D eigenvalue weighted by Crippen LogP contribution is -2.17. The predicted molar refractivity (Wildman–Crippen MR) is 53.2 cm³/mol. The third-order valence-corrected chi connectivity index (χ3v) is 2.68. The monoisotopic (exact) mass is 219 g/mol. The average molecular weight is 220 g/mol. The summed E-state index contributed by atoms with van der Waals surface area (Å²) in [4.78, 5) is 0. The molecule has 0 amide bonds. The second-order valence-corrected chi connectivity index (χ2v) is 4.19. The van der Waals surface area contributed by atoms with Crippen LogP contribution in [0.25, 0.3) is 0 Å². The van der Waals surface area contributed by atoms with Crippen molar-refractivity contribution in [3.05, 3.63) is 0 Å². The Hall–Kier alpha value is 0.440. The third kappa shape index (κ3) is 5.68. The largest absolute Gasteiger partial charge is 0.316 e. The molecule has 1 N–H and O–H groups in total. The lowest BCUT2D eigenvalue weighted by molar-refractivity contribution is 0.593. The van der Waals surface area contributed by atoms with Crippen molar-refractivity contribution in [3.63, 3.8) is 0 Å². The maximum Gasteiger partial charge on any atom is 0.00313 e. The fourth-order valence-corrected chi connectivity index (χ4v) is 1.55. The van der Waals surface area contributed by atoms with Crippen molar-refractivity contribution in [1.29, 1.82) is 0 Å². The highest BCUT2D eigenvalue weighted by Gasteiger charge is 2.19. The van der Waals surface area contributed by atoms with Gasteiger partial charge in [0.25, 0.3) is 0 Å². The highest BCUT2D eigenvalue weighted by atomic mass is 79.9. The number of alkyl halides is 1. The van der Waals surface area contributed by atoms with Crippen LogP contribution >= 0.6 is 15.9 Å². The van der Waals surface area contributed by atoms with E-state index in [4.69, 9.17) is 0 Å². The molecule has 1 saturated carbocycles. The summed E-state index contributed by atoms with van der Waals surface area (Å²) in [5, 5.41) is 4.65.